The van der Waals surface area contributed by atoms with Crippen molar-refractivity contribution < 1.29 is 32.4 Å². The maximum absolute atomic E-state index is 12.3. The SMILES string of the molecule is CCOC(=O)Nc1c([N+](=O)[O-])ccc2c1ncn2-c1ccc(OC(F)(F)F)cc1. The van der Waals surface area contributed by atoms with Gasteiger partial charge in [-0.3, -0.25) is 20.0 Å². The van der Waals surface area contributed by atoms with Crippen LogP contribution in [0.15, 0.2) is 42.7 Å². The summed E-state index contributed by atoms with van der Waals surface area (Å²) in [6.45, 7) is 1.64. The minimum Gasteiger partial charge on any atom is -0.450 e. The fourth-order valence-electron chi connectivity index (χ4n) is 2.63. The number of imidazole rings is 1. The maximum atomic E-state index is 12.3. The van der Waals surface area contributed by atoms with Crippen LogP contribution in [0.1, 0.15) is 6.92 Å². The van der Waals surface area contributed by atoms with Gasteiger partial charge >= 0.3 is 12.5 Å². The number of alkyl halides is 3. The molecule has 0 aliphatic carbocycles. The summed E-state index contributed by atoms with van der Waals surface area (Å²) in [7, 11) is 0. The van der Waals surface area contributed by atoms with Gasteiger partial charge in [-0.25, -0.2) is 9.78 Å². The largest absolute Gasteiger partial charge is 0.573 e. The molecule has 3 rings (SSSR count). The van der Waals surface area contributed by atoms with E-state index < -0.39 is 23.1 Å². The number of nitrogens with one attached hydrogen (secondary N) is 1. The molecule has 0 fully saturated rings. The van der Waals surface area contributed by atoms with E-state index in [1.54, 1.807) is 6.92 Å². The van der Waals surface area contributed by atoms with Crippen molar-refractivity contribution in [3.8, 4) is 11.4 Å². The van der Waals surface area contributed by atoms with E-state index in [0.29, 0.717) is 11.2 Å². The van der Waals surface area contributed by atoms with Gasteiger partial charge in [0.1, 0.15) is 17.6 Å². The van der Waals surface area contributed by atoms with E-state index in [-0.39, 0.29) is 23.5 Å². The molecule has 0 atom stereocenters. The summed E-state index contributed by atoms with van der Waals surface area (Å²) in [6, 6.07) is 7.57. The number of nitro groups is 1. The number of halogens is 3. The molecule has 0 aliphatic rings. The van der Waals surface area contributed by atoms with Crippen molar-refractivity contribution in [3.63, 3.8) is 0 Å². The molecule has 2 aromatic carbocycles. The first-order chi connectivity index (χ1) is 13.7. The Bertz CT molecular complexity index is 1060. The van der Waals surface area contributed by atoms with Gasteiger partial charge in [0.25, 0.3) is 5.69 Å². The summed E-state index contributed by atoms with van der Waals surface area (Å²) in [5, 5.41) is 13.6. The van der Waals surface area contributed by atoms with Crippen molar-refractivity contribution >= 4 is 28.5 Å². The van der Waals surface area contributed by atoms with Gasteiger partial charge in [-0.05, 0) is 37.3 Å². The second kappa shape index (κ2) is 7.66. The van der Waals surface area contributed by atoms with E-state index in [0.717, 1.165) is 12.1 Å². The summed E-state index contributed by atoms with van der Waals surface area (Å²) in [5.41, 5.74) is 0.388. The third-order valence-corrected chi connectivity index (χ3v) is 3.74. The number of nitro benzene ring substituents is 1. The minimum absolute atomic E-state index is 0.0659. The van der Waals surface area contributed by atoms with E-state index in [4.69, 9.17) is 4.74 Å². The Hall–Kier alpha value is -3.83. The number of nitrogens with zero attached hydrogens (tertiary/aromatic N) is 3. The Labute approximate surface area is 160 Å². The third kappa shape index (κ3) is 4.36. The molecular weight excluding hydrogens is 397 g/mol. The standard InChI is InChI=1S/C17H13F3N4O5/c1-2-28-16(25)22-15-13(24(26)27)8-7-12-14(15)21-9-23(12)10-3-5-11(6-4-10)29-17(18,19)20/h3-9H,2H2,1H3,(H,22,25). The van der Waals surface area contributed by atoms with Crippen LogP contribution in [0.5, 0.6) is 5.75 Å². The average molecular weight is 410 g/mol. The van der Waals surface area contributed by atoms with Crippen molar-refractivity contribution in [2.24, 2.45) is 0 Å². The number of rotatable bonds is 5. The molecule has 12 heteroatoms. The molecule has 1 aromatic heterocycles. The van der Waals surface area contributed by atoms with Crippen LogP contribution in [0.4, 0.5) is 29.3 Å². The lowest BCUT2D eigenvalue weighted by molar-refractivity contribution is -0.383. The quantitative estimate of drug-likeness (QED) is 0.493. The Balaban J connectivity index is 2.03. The molecule has 0 saturated carbocycles. The lowest BCUT2D eigenvalue weighted by Crippen LogP contribution is -2.17. The highest BCUT2D eigenvalue weighted by atomic mass is 19.4. The second-order valence-electron chi connectivity index (χ2n) is 5.59. The highest BCUT2D eigenvalue weighted by Crippen LogP contribution is 2.34. The first-order valence-corrected chi connectivity index (χ1v) is 8.14. The van der Waals surface area contributed by atoms with Gasteiger partial charge in [0.15, 0.2) is 5.69 Å². The summed E-state index contributed by atoms with van der Waals surface area (Å²) in [4.78, 5) is 26.5. The van der Waals surface area contributed by atoms with Crippen LogP contribution in [0.3, 0.4) is 0 Å². The van der Waals surface area contributed by atoms with Crippen LogP contribution in [-0.4, -0.2) is 33.5 Å². The Morgan fingerprint density at radius 2 is 1.93 bits per heavy atom. The number of fused-ring (bicyclic) bond motifs is 1. The molecule has 9 nitrogen and oxygen atoms in total. The normalized spacial score (nSPS) is 11.3. The van der Waals surface area contributed by atoms with Gasteiger partial charge in [0.2, 0.25) is 0 Å². The van der Waals surface area contributed by atoms with E-state index in [2.05, 4.69) is 15.0 Å². The predicted octanol–water partition coefficient (Wildman–Crippen LogP) is 4.40. The van der Waals surface area contributed by atoms with Crippen molar-refractivity contribution in [1.82, 2.24) is 9.55 Å². The molecule has 0 spiro atoms. The molecular formula is C17H13F3N4O5. The zero-order valence-corrected chi connectivity index (χ0v) is 14.8. The smallest absolute Gasteiger partial charge is 0.450 e. The Morgan fingerprint density at radius 3 is 2.52 bits per heavy atom. The van der Waals surface area contributed by atoms with Crippen molar-refractivity contribution in [2.75, 3.05) is 11.9 Å². The van der Waals surface area contributed by atoms with Gasteiger partial charge in [-0.15, -0.1) is 13.2 Å². The van der Waals surface area contributed by atoms with Crippen LogP contribution < -0.4 is 10.1 Å². The van der Waals surface area contributed by atoms with Crippen LogP contribution in [0.2, 0.25) is 0 Å². The molecule has 0 saturated heterocycles. The molecule has 1 N–H and O–H groups in total. The van der Waals surface area contributed by atoms with E-state index >= 15 is 0 Å². The number of benzene rings is 2. The first kappa shape index (κ1) is 19.9. The first-order valence-electron chi connectivity index (χ1n) is 8.14. The molecule has 1 amide bonds. The van der Waals surface area contributed by atoms with Gasteiger partial charge in [0, 0.05) is 11.8 Å². The van der Waals surface area contributed by atoms with Crippen LogP contribution in [0.25, 0.3) is 16.7 Å². The molecule has 0 radical (unpaired) electrons. The highest BCUT2D eigenvalue weighted by molar-refractivity contribution is 6.01. The molecule has 152 valence electrons. The van der Waals surface area contributed by atoms with Gasteiger partial charge in [0.05, 0.1) is 17.0 Å². The fraction of sp³-hybridized carbons (Fsp3) is 0.176. The Kier molecular flexibility index (Phi) is 5.26. The number of carbonyl (C=O) groups is 1. The van der Waals surface area contributed by atoms with E-state index in [1.165, 1.54) is 35.2 Å². The maximum Gasteiger partial charge on any atom is 0.573 e. The lowest BCUT2D eigenvalue weighted by atomic mass is 10.2. The second-order valence-corrected chi connectivity index (χ2v) is 5.59. The number of aromatic nitrogens is 2. The molecule has 1 heterocycles. The Morgan fingerprint density at radius 1 is 1.24 bits per heavy atom. The van der Waals surface area contributed by atoms with E-state index in [9.17, 15) is 28.1 Å². The van der Waals surface area contributed by atoms with Gasteiger partial charge < -0.3 is 9.47 Å². The van der Waals surface area contributed by atoms with Crippen LogP contribution >= 0.6 is 0 Å². The third-order valence-electron chi connectivity index (χ3n) is 3.74. The van der Waals surface area contributed by atoms with E-state index in [1.807, 2.05) is 0 Å². The number of amides is 1. The molecule has 29 heavy (non-hydrogen) atoms. The summed E-state index contributed by atoms with van der Waals surface area (Å²) < 4.78 is 47.0. The molecule has 3 aromatic rings. The lowest BCUT2D eigenvalue weighted by Gasteiger charge is -2.10. The number of ether oxygens (including phenoxy) is 2. The van der Waals surface area contributed by atoms with Crippen molar-refractivity contribution in [2.45, 2.75) is 13.3 Å². The number of carbonyl (C=O) groups excluding carboxylic acids is 1. The summed E-state index contributed by atoms with van der Waals surface area (Å²) >= 11 is 0. The predicted molar refractivity (Wildman–Crippen MR) is 95.1 cm³/mol. The zero-order valence-electron chi connectivity index (χ0n) is 14.8. The number of hydrogen-bond acceptors (Lipinski definition) is 6. The minimum atomic E-state index is -4.81. The number of anilines is 1. The molecule has 0 aliphatic heterocycles. The van der Waals surface area contributed by atoms with Crippen molar-refractivity contribution in [3.05, 3.63) is 52.8 Å². The summed E-state index contributed by atoms with van der Waals surface area (Å²) in [6.07, 6.45) is -4.37. The topological polar surface area (TPSA) is 109 Å². The average Bonchev–Trinajstić information content (AvgIpc) is 3.06. The molecule has 0 unspecified atom stereocenters. The summed E-state index contributed by atoms with van der Waals surface area (Å²) in [5.74, 6) is -0.397. The van der Waals surface area contributed by atoms with Crippen LogP contribution in [-0.2, 0) is 4.74 Å². The fourth-order valence-corrected chi connectivity index (χ4v) is 2.63. The monoisotopic (exact) mass is 410 g/mol. The molecule has 0 bridgehead atoms. The zero-order chi connectivity index (χ0) is 21.2. The van der Waals surface area contributed by atoms with Gasteiger partial charge in [-0.2, -0.15) is 0 Å². The number of hydrogen-bond donors (Lipinski definition) is 1. The van der Waals surface area contributed by atoms with Crippen LogP contribution in [0, 0.1) is 10.1 Å². The van der Waals surface area contributed by atoms with Crippen molar-refractivity contribution in [1.29, 1.82) is 0 Å². The highest BCUT2D eigenvalue weighted by Gasteiger charge is 2.31. The van der Waals surface area contributed by atoms with Gasteiger partial charge in [-0.1, -0.05) is 0 Å².